The lowest BCUT2D eigenvalue weighted by Gasteiger charge is -2.14. The average Bonchev–Trinajstić information content (AvgIpc) is 3.05. The first-order valence-electron chi connectivity index (χ1n) is 6.76. The Morgan fingerprint density at radius 2 is 2.32 bits per heavy atom. The van der Waals surface area contributed by atoms with Gasteiger partial charge in [0, 0.05) is 23.5 Å². The minimum Gasteiger partial charge on any atom is -0.468 e. The van der Waals surface area contributed by atoms with Crippen LogP contribution in [0.15, 0.2) is 34.3 Å². The Balaban J connectivity index is 1.75. The molecule has 0 saturated carbocycles. The molecule has 0 bridgehead atoms. The summed E-state index contributed by atoms with van der Waals surface area (Å²) in [5.74, 6) is 1.04. The number of furan rings is 1. The van der Waals surface area contributed by atoms with Crippen LogP contribution in [-0.2, 0) is 19.5 Å². The Labute approximate surface area is 119 Å². The molecule has 0 aliphatic rings. The van der Waals surface area contributed by atoms with E-state index in [4.69, 9.17) is 4.42 Å². The fourth-order valence-corrected chi connectivity index (χ4v) is 2.67. The molecule has 104 valence electrons. The van der Waals surface area contributed by atoms with E-state index in [0.717, 1.165) is 38.4 Å². The summed E-state index contributed by atoms with van der Waals surface area (Å²) in [5.41, 5.74) is 1.23. The maximum Gasteiger partial charge on any atom is 0.118 e. The van der Waals surface area contributed by atoms with Gasteiger partial charge in [0.15, 0.2) is 0 Å². The Bertz CT molecular complexity index is 464. The Morgan fingerprint density at radius 3 is 3.05 bits per heavy atom. The largest absolute Gasteiger partial charge is 0.468 e. The standard InChI is InChI=1S/C15H22N2OS/c1-3-16-10-13-9-14(18-12-13)11-17(2)7-6-15-5-4-8-19-15/h4-5,8-9,12,16H,3,6-7,10-11H2,1-2H3. The smallest absolute Gasteiger partial charge is 0.118 e. The molecule has 0 radical (unpaired) electrons. The van der Waals surface area contributed by atoms with Gasteiger partial charge in [-0.3, -0.25) is 4.90 Å². The van der Waals surface area contributed by atoms with Gasteiger partial charge in [-0.1, -0.05) is 13.0 Å². The summed E-state index contributed by atoms with van der Waals surface area (Å²) in [6, 6.07) is 6.45. The molecule has 0 fully saturated rings. The molecule has 0 atom stereocenters. The van der Waals surface area contributed by atoms with E-state index in [0.29, 0.717) is 0 Å². The number of nitrogens with one attached hydrogen (secondary N) is 1. The quantitative estimate of drug-likeness (QED) is 0.804. The maximum atomic E-state index is 5.59. The number of nitrogens with zero attached hydrogens (tertiary/aromatic N) is 1. The Kier molecular flexibility index (Phi) is 5.63. The molecule has 0 aromatic carbocycles. The van der Waals surface area contributed by atoms with Gasteiger partial charge in [-0.25, -0.2) is 0 Å². The van der Waals surface area contributed by atoms with Crippen molar-refractivity contribution < 1.29 is 4.42 Å². The number of thiophene rings is 1. The molecule has 2 rings (SSSR count). The highest BCUT2D eigenvalue weighted by Crippen LogP contribution is 2.12. The van der Waals surface area contributed by atoms with Crippen molar-refractivity contribution in [1.29, 1.82) is 0 Å². The first-order chi connectivity index (χ1) is 9.28. The highest BCUT2D eigenvalue weighted by atomic mass is 32.1. The number of hydrogen-bond acceptors (Lipinski definition) is 4. The van der Waals surface area contributed by atoms with Crippen molar-refractivity contribution in [2.24, 2.45) is 0 Å². The molecular formula is C15H22N2OS. The molecule has 0 amide bonds. The first-order valence-corrected chi connectivity index (χ1v) is 7.64. The molecule has 4 heteroatoms. The van der Waals surface area contributed by atoms with Crippen LogP contribution in [0.25, 0.3) is 0 Å². The summed E-state index contributed by atoms with van der Waals surface area (Å²) in [6.07, 6.45) is 2.96. The number of hydrogen-bond donors (Lipinski definition) is 1. The van der Waals surface area contributed by atoms with Gasteiger partial charge < -0.3 is 9.73 Å². The molecule has 3 nitrogen and oxygen atoms in total. The third kappa shape index (κ3) is 4.82. The second-order valence-corrected chi connectivity index (χ2v) is 5.80. The van der Waals surface area contributed by atoms with E-state index in [2.05, 4.69) is 47.8 Å². The van der Waals surface area contributed by atoms with Crippen molar-refractivity contribution in [3.63, 3.8) is 0 Å². The van der Waals surface area contributed by atoms with E-state index in [1.807, 2.05) is 17.6 Å². The lowest BCUT2D eigenvalue weighted by atomic mass is 10.3. The SMILES string of the molecule is CCNCc1coc(CN(C)CCc2cccs2)c1. The average molecular weight is 278 g/mol. The van der Waals surface area contributed by atoms with Crippen LogP contribution in [0.5, 0.6) is 0 Å². The van der Waals surface area contributed by atoms with Crippen LogP contribution in [-0.4, -0.2) is 25.0 Å². The van der Waals surface area contributed by atoms with Crippen molar-refractivity contribution in [3.8, 4) is 0 Å². The van der Waals surface area contributed by atoms with Gasteiger partial charge in [0.2, 0.25) is 0 Å². The second kappa shape index (κ2) is 7.48. The van der Waals surface area contributed by atoms with Gasteiger partial charge in [-0.15, -0.1) is 11.3 Å². The van der Waals surface area contributed by atoms with E-state index < -0.39 is 0 Å². The molecule has 0 aliphatic carbocycles. The van der Waals surface area contributed by atoms with Gasteiger partial charge in [-0.05, 0) is 37.5 Å². The molecule has 2 aromatic heterocycles. The molecule has 0 saturated heterocycles. The Hall–Kier alpha value is -1.10. The fraction of sp³-hybridized carbons (Fsp3) is 0.467. The zero-order valence-corrected chi connectivity index (χ0v) is 12.5. The van der Waals surface area contributed by atoms with Crippen molar-refractivity contribution in [1.82, 2.24) is 10.2 Å². The molecule has 19 heavy (non-hydrogen) atoms. The van der Waals surface area contributed by atoms with Gasteiger partial charge >= 0.3 is 0 Å². The Morgan fingerprint density at radius 1 is 1.42 bits per heavy atom. The molecular weight excluding hydrogens is 256 g/mol. The van der Waals surface area contributed by atoms with Crippen LogP contribution < -0.4 is 5.32 Å². The zero-order chi connectivity index (χ0) is 13.5. The molecule has 0 aliphatic heterocycles. The topological polar surface area (TPSA) is 28.4 Å². The summed E-state index contributed by atoms with van der Waals surface area (Å²) in [6.45, 7) is 5.92. The first kappa shape index (κ1) is 14.3. The third-order valence-corrected chi connectivity index (χ3v) is 3.97. The predicted molar refractivity (Wildman–Crippen MR) is 80.4 cm³/mol. The summed E-state index contributed by atoms with van der Waals surface area (Å²) in [4.78, 5) is 3.74. The van der Waals surface area contributed by atoms with E-state index in [1.165, 1.54) is 10.4 Å². The number of likely N-dealkylation sites (N-methyl/N-ethyl adjacent to an activating group) is 1. The normalized spacial score (nSPS) is 11.3. The van der Waals surface area contributed by atoms with Crippen LogP contribution in [0.2, 0.25) is 0 Å². The lowest BCUT2D eigenvalue weighted by Crippen LogP contribution is -2.20. The van der Waals surface area contributed by atoms with E-state index in [-0.39, 0.29) is 0 Å². The minimum atomic E-state index is 0.873. The van der Waals surface area contributed by atoms with E-state index >= 15 is 0 Å². The van der Waals surface area contributed by atoms with Crippen molar-refractivity contribution >= 4 is 11.3 Å². The lowest BCUT2D eigenvalue weighted by molar-refractivity contribution is 0.299. The highest BCUT2D eigenvalue weighted by Gasteiger charge is 2.06. The minimum absolute atomic E-state index is 0.873. The van der Waals surface area contributed by atoms with Gasteiger partial charge in [0.05, 0.1) is 12.8 Å². The second-order valence-electron chi connectivity index (χ2n) is 4.77. The summed E-state index contributed by atoms with van der Waals surface area (Å²) < 4.78 is 5.59. The molecule has 0 unspecified atom stereocenters. The highest BCUT2D eigenvalue weighted by molar-refractivity contribution is 7.09. The van der Waals surface area contributed by atoms with Crippen LogP contribution in [0.1, 0.15) is 23.1 Å². The monoisotopic (exact) mass is 278 g/mol. The molecule has 2 aromatic rings. The summed E-state index contributed by atoms with van der Waals surface area (Å²) >= 11 is 1.83. The predicted octanol–water partition coefficient (Wildman–Crippen LogP) is 3.13. The maximum absolute atomic E-state index is 5.59. The van der Waals surface area contributed by atoms with Crippen molar-refractivity contribution in [3.05, 3.63) is 46.0 Å². The van der Waals surface area contributed by atoms with E-state index in [9.17, 15) is 0 Å². The number of rotatable bonds is 8. The van der Waals surface area contributed by atoms with Gasteiger partial charge in [0.1, 0.15) is 5.76 Å². The fourth-order valence-electron chi connectivity index (χ4n) is 1.97. The summed E-state index contributed by atoms with van der Waals surface area (Å²) in [5, 5.41) is 5.44. The van der Waals surface area contributed by atoms with Crippen LogP contribution in [0, 0.1) is 0 Å². The van der Waals surface area contributed by atoms with Crippen LogP contribution in [0.3, 0.4) is 0 Å². The summed E-state index contributed by atoms with van der Waals surface area (Å²) in [7, 11) is 2.14. The van der Waals surface area contributed by atoms with Crippen molar-refractivity contribution in [2.45, 2.75) is 26.4 Å². The molecule has 2 heterocycles. The van der Waals surface area contributed by atoms with E-state index in [1.54, 1.807) is 0 Å². The molecule has 0 spiro atoms. The van der Waals surface area contributed by atoms with Crippen molar-refractivity contribution in [2.75, 3.05) is 20.1 Å². The van der Waals surface area contributed by atoms with Gasteiger partial charge in [0.25, 0.3) is 0 Å². The van der Waals surface area contributed by atoms with Gasteiger partial charge in [-0.2, -0.15) is 0 Å². The zero-order valence-electron chi connectivity index (χ0n) is 11.7. The van der Waals surface area contributed by atoms with Crippen LogP contribution in [0.4, 0.5) is 0 Å². The molecule has 1 N–H and O–H groups in total. The third-order valence-electron chi connectivity index (χ3n) is 3.03. The van der Waals surface area contributed by atoms with Crippen LogP contribution >= 0.6 is 11.3 Å².